The molecule has 2 aromatic heterocycles. The number of hydrogen-bond acceptors (Lipinski definition) is 6. The number of aromatic carboxylic acids is 1. The second kappa shape index (κ2) is 8.32. The Morgan fingerprint density at radius 1 is 1.29 bits per heavy atom. The average Bonchev–Trinajstić information content (AvgIpc) is 3.23. The Bertz CT molecular complexity index is 1330. The van der Waals surface area contributed by atoms with E-state index in [2.05, 4.69) is 5.10 Å². The summed E-state index contributed by atoms with van der Waals surface area (Å²) < 4.78 is 9.70. The Labute approximate surface area is 195 Å². The number of hydrogen-bond donors (Lipinski definition) is 2. The molecule has 0 fully saturated rings. The summed E-state index contributed by atoms with van der Waals surface area (Å²) in [5.41, 5.74) is -0.0112. The quantitative estimate of drug-likeness (QED) is 0.596. The molecular weight excluding hydrogens is 442 g/mol. The predicted molar refractivity (Wildman–Crippen MR) is 123 cm³/mol. The molecule has 4 rings (SSSR count). The number of imidazole rings is 1. The van der Waals surface area contributed by atoms with Gasteiger partial charge in [-0.2, -0.15) is 5.10 Å². The van der Waals surface area contributed by atoms with Crippen LogP contribution in [0.25, 0.3) is 16.6 Å². The largest absolute Gasteiger partial charge is 0.477 e. The molecule has 0 saturated carbocycles. The molecule has 0 radical (unpaired) electrons. The molecule has 182 valence electrons. The van der Waals surface area contributed by atoms with E-state index in [1.165, 1.54) is 9.47 Å². The first kappa shape index (κ1) is 23.6. The van der Waals surface area contributed by atoms with Crippen LogP contribution in [-0.2, 0) is 24.4 Å². The summed E-state index contributed by atoms with van der Waals surface area (Å²) in [6.45, 7) is 9.12. The van der Waals surface area contributed by atoms with Crippen molar-refractivity contribution < 1.29 is 24.5 Å². The molecule has 0 saturated heterocycles. The van der Waals surface area contributed by atoms with Crippen molar-refractivity contribution in [3.63, 3.8) is 0 Å². The fourth-order valence-corrected chi connectivity index (χ4v) is 4.25. The number of rotatable bonds is 4. The molecule has 3 heterocycles. The smallest absolute Gasteiger partial charge is 0.410 e. The number of aliphatic hydroxyl groups excluding tert-OH is 1. The summed E-state index contributed by atoms with van der Waals surface area (Å²) in [7, 11) is 0. The molecule has 1 aromatic carbocycles. The molecule has 2 N–H and O–H groups in total. The molecule has 11 nitrogen and oxygen atoms in total. The Balaban J connectivity index is 1.80. The molecule has 0 spiro atoms. The zero-order valence-electron chi connectivity index (χ0n) is 19.8. The number of fused-ring (bicyclic) bond motifs is 2. The molecule has 1 aliphatic heterocycles. The van der Waals surface area contributed by atoms with Gasteiger partial charge in [-0.15, -0.1) is 0 Å². The molecule has 34 heavy (non-hydrogen) atoms. The van der Waals surface area contributed by atoms with Crippen molar-refractivity contribution in [2.45, 2.75) is 72.0 Å². The van der Waals surface area contributed by atoms with Crippen molar-refractivity contribution in [3.05, 3.63) is 46.3 Å². The zero-order chi connectivity index (χ0) is 24.9. The molecule has 2 atom stereocenters. The summed E-state index contributed by atoms with van der Waals surface area (Å²) in [6.07, 6.45) is 0.460. The predicted octanol–water partition coefficient (Wildman–Crippen LogP) is 2.21. The molecule has 0 bridgehead atoms. The van der Waals surface area contributed by atoms with Crippen LogP contribution >= 0.6 is 0 Å². The first-order valence-corrected chi connectivity index (χ1v) is 11.1. The Morgan fingerprint density at radius 2 is 2.00 bits per heavy atom. The van der Waals surface area contributed by atoms with Crippen molar-refractivity contribution >= 4 is 23.0 Å². The van der Waals surface area contributed by atoms with E-state index in [-0.39, 0.29) is 30.5 Å². The van der Waals surface area contributed by atoms with Gasteiger partial charge < -0.3 is 14.9 Å². The van der Waals surface area contributed by atoms with E-state index in [9.17, 15) is 24.6 Å². The second-order valence-corrected chi connectivity index (χ2v) is 9.71. The minimum absolute atomic E-state index is 0.0610. The third-order valence-electron chi connectivity index (χ3n) is 5.70. The lowest BCUT2D eigenvalue weighted by Gasteiger charge is -2.35. The highest BCUT2D eigenvalue weighted by molar-refractivity contribution is 5.89. The first-order valence-electron chi connectivity index (χ1n) is 11.1. The van der Waals surface area contributed by atoms with E-state index in [4.69, 9.17) is 4.74 Å². The van der Waals surface area contributed by atoms with E-state index in [1.807, 2.05) is 0 Å². The van der Waals surface area contributed by atoms with Gasteiger partial charge in [0.2, 0.25) is 0 Å². The molecule has 1 aliphatic rings. The second-order valence-electron chi connectivity index (χ2n) is 9.71. The monoisotopic (exact) mass is 471 g/mol. The van der Waals surface area contributed by atoms with Crippen molar-refractivity contribution in [1.82, 2.24) is 23.8 Å². The van der Waals surface area contributed by atoms with Crippen LogP contribution in [0.5, 0.6) is 0 Å². The summed E-state index contributed by atoms with van der Waals surface area (Å²) in [6, 6.07) is 4.72. The van der Waals surface area contributed by atoms with Gasteiger partial charge in [0.05, 0.1) is 48.3 Å². The number of carboxylic acid groups (broad SMARTS) is 1. The van der Waals surface area contributed by atoms with E-state index in [0.717, 1.165) is 10.1 Å². The molecule has 11 heteroatoms. The van der Waals surface area contributed by atoms with Crippen molar-refractivity contribution in [3.8, 4) is 5.69 Å². The number of aliphatic hydroxyl groups is 1. The number of carbonyl (C=O) groups excluding carboxylic acids is 1. The van der Waals surface area contributed by atoms with E-state index in [0.29, 0.717) is 17.6 Å². The fraction of sp³-hybridized carbons (Fsp3) is 0.478. The van der Waals surface area contributed by atoms with Gasteiger partial charge in [0.15, 0.2) is 5.69 Å². The van der Waals surface area contributed by atoms with Crippen LogP contribution in [0.1, 0.15) is 50.8 Å². The normalized spacial score (nSPS) is 17.0. The zero-order valence-corrected chi connectivity index (χ0v) is 19.8. The van der Waals surface area contributed by atoms with Gasteiger partial charge in [0.25, 0.3) is 0 Å². The van der Waals surface area contributed by atoms with Crippen LogP contribution in [0, 0.1) is 0 Å². The van der Waals surface area contributed by atoms with Crippen LogP contribution in [0.4, 0.5) is 4.79 Å². The van der Waals surface area contributed by atoms with E-state index >= 15 is 0 Å². The van der Waals surface area contributed by atoms with Gasteiger partial charge in [-0.25, -0.2) is 14.4 Å². The van der Waals surface area contributed by atoms with Crippen LogP contribution in [0.15, 0.2) is 29.2 Å². The van der Waals surface area contributed by atoms with Crippen LogP contribution in [0.2, 0.25) is 0 Å². The number of nitrogens with zero attached hydrogens (tertiary/aromatic N) is 5. The number of amides is 1. The lowest BCUT2D eigenvalue weighted by atomic mass is 10.1. The van der Waals surface area contributed by atoms with Crippen LogP contribution in [0.3, 0.4) is 0 Å². The number of ether oxygens (including phenoxy) is 1. The Hall–Kier alpha value is -3.60. The molecule has 3 aromatic rings. The third kappa shape index (κ3) is 4.18. The number of aromatic nitrogens is 4. The Morgan fingerprint density at radius 3 is 2.62 bits per heavy atom. The number of benzene rings is 1. The average molecular weight is 472 g/mol. The van der Waals surface area contributed by atoms with E-state index < -0.39 is 29.5 Å². The standard InChI is InChI=1S/C23H29N5O6/c1-13-10-26-18(12-25(13)22(33)34-23(3,4)5)19(20(30)31)28(21(26)32)16-6-7-17-15(8-16)9-24-27(17)11-14(2)29/h6-9,13-14,29H,10-12H2,1-5H3,(H,30,31)/t13?,14-/m1/s1. The summed E-state index contributed by atoms with van der Waals surface area (Å²) >= 11 is 0. The van der Waals surface area contributed by atoms with Crippen molar-refractivity contribution in [2.75, 3.05) is 0 Å². The minimum Gasteiger partial charge on any atom is -0.477 e. The first-order chi connectivity index (χ1) is 15.9. The molecule has 1 unspecified atom stereocenters. The van der Waals surface area contributed by atoms with Gasteiger partial charge in [-0.1, -0.05) is 0 Å². The van der Waals surface area contributed by atoms with Crippen LogP contribution in [-0.4, -0.2) is 63.8 Å². The SMILES string of the molecule is CC1Cn2c(c(C(=O)O)n(-c3ccc4c(cnn4C[C@@H](C)O)c3)c2=O)CN1C(=O)OC(C)(C)C. The van der Waals surface area contributed by atoms with Gasteiger partial charge in [0.1, 0.15) is 5.60 Å². The van der Waals surface area contributed by atoms with Crippen molar-refractivity contribution in [1.29, 1.82) is 0 Å². The van der Waals surface area contributed by atoms with Crippen molar-refractivity contribution in [2.24, 2.45) is 0 Å². The van der Waals surface area contributed by atoms with Gasteiger partial charge in [-0.05, 0) is 52.8 Å². The van der Waals surface area contributed by atoms with E-state index in [1.54, 1.807) is 63.7 Å². The van der Waals surface area contributed by atoms with Gasteiger partial charge >= 0.3 is 17.8 Å². The Kier molecular flexibility index (Phi) is 5.76. The maximum absolute atomic E-state index is 13.4. The number of carboxylic acids is 1. The van der Waals surface area contributed by atoms with Gasteiger partial charge in [-0.3, -0.25) is 18.7 Å². The van der Waals surface area contributed by atoms with Gasteiger partial charge in [0, 0.05) is 11.9 Å². The third-order valence-corrected chi connectivity index (χ3v) is 5.70. The van der Waals surface area contributed by atoms with Crippen LogP contribution < -0.4 is 5.69 Å². The molecule has 1 amide bonds. The summed E-state index contributed by atoms with van der Waals surface area (Å²) in [5, 5.41) is 24.7. The lowest BCUT2D eigenvalue weighted by Crippen LogP contribution is -2.48. The maximum atomic E-state index is 13.4. The molecular formula is C23H29N5O6. The molecule has 0 aliphatic carbocycles. The lowest BCUT2D eigenvalue weighted by molar-refractivity contribution is 0.00937. The fourth-order valence-electron chi connectivity index (χ4n) is 4.25. The highest BCUT2D eigenvalue weighted by Gasteiger charge is 2.36. The highest BCUT2D eigenvalue weighted by atomic mass is 16.6. The summed E-state index contributed by atoms with van der Waals surface area (Å²) in [5.74, 6) is -1.27. The highest BCUT2D eigenvalue weighted by Crippen LogP contribution is 2.26. The topological polar surface area (TPSA) is 132 Å². The summed E-state index contributed by atoms with van der Waals surface area (Å²) in [4.78, 5) is 39.8. The maximum Gasteiger partial charge on any atom is 0.410 e. The number of carbonyl (C=O) groups is 2. The minimum atomic E-state index is -1.27.